The summed E-state index contributed by atoms with van der Waals surface area (Å²) >= 11 is 0. The van der Waals surface area contributed by atoms with E-state index in [0.29, 0.717) is 0 Å². The van der Waals surface area contributed by atoms with Gasteiger partial charge < -0.3 is 0 Å². The molecule has 2 aromatic rings. The fourth-order valence-corrected chi connectivity index (χ4v) is 3.08. The van der Waals surface area contributed by atoms with Crippen LogP contribution in [0.1, 0.15) is 26.3 Å². The standard InChI is InChI=1S/C16H14F5NO2S/c1-16(2,3)8-4-6-9(7-5-8)25(23,24)22-15-13(20)11(18)10(17)12(19)14(15)21/h4-7,22H,1-3H3. The Balaban J connectivity index is 2.47. The topological polar surface area (TPSA) is 46.2 Å². The maximum Gasteiger partial charge on any atom is 0.262 e. The van der Waals surface area contributed by atoms with Crippen LogP contribution >= 0.6 is 0 Å². The van der Waals surface area contributed by atoms with Crippen molar-refractivity contribution < 1.29 is 30.4 Å². The largest absolute Gasteiger partial charge is 0.274 e. The first kappa shape index (κ1) is 19.2. The van der Waals surface area contributed by atoms with Gasteiger partial charge in [0.1, 0.15) is 5.69 Å². The Morgan fingerprint density at radius 2 is 1.16 bits per heavy atom. The second-order valence-corrected chi connectivity index (χ2v) is 8.01. The minimum Gasteiger partial charge on any atom is -0.274 e. The van der Waals surface area contributed by atoms with Gasteiger partial charge in [0.05, 0.1) is 4.90 Å². The Labute approximate surface area is 141 Å². The summed E-state index contributed by atoms with van der Waals surface area (Å²) in [5, 5.41) is 0. The molecule has 0 atom stereocenters. The molecule has 9 heteroatoms. The molecule has 0 aliphatic heterocycles. The molecule has 0 amide bonds. The van der Waals surface area contributed by atoms with Gasteiger partial charge in [-0.2, -0.15) is 0 Å². The van der Waals surface area contributed by atoms with Crippen molar-refractivity contribution in [2.24, 2.45) is 0 Å². The smallest absolute Gasteiger partial charge is 0.262 e. The molecule has 0 spiro atoms. The van der Waals surface area contributed by atoms with Crippen LogP contribution in [0.2, 0.25) is 0 Å². The van der Waals surface area contributed by atoms with E-state index in [0.717, 1.165) is 5.56 Å². The molecule has 0 aliphatic rings. The molecule has 0 aromatic heterocycles. The Morgan fingerprint density at radius 1 is 0.760 bits per heavy atom. The van der Waals surface area contributed by atoms with Gasteiger partial charge in [0.2, 0.25) is 5.82 Å². The van der Waals surface area contributed by atoms with E-state index in [1.54, 1.807) is 0 Å². The minimum atomic E-state index is -4.55. The van der Waals surface area contributed by atoms with Gasteiger partial charge in [0.15, 0.2) is 23.3 Å². The van der Waals surface area contributed by atoms with Gasteiger partial charge in [0, 0.05) is 0 Å². The zero-order valence-electron chi connectivity index (χ0n) is 13.4. The van der Waals surface area contributed by atoms with E-state index in [-0.39, 0.29) is 10.3 Å². The van der Waals surface area contributed by atoms with E-state index in [4.69, 9.17) is 0 Å². The van der Waals surface area contributed by atoms with Crippen LogP contribution in [0.25, 0.3) is 0 Å². The third-order valence-electron chi connectivity index (χ3n) is 3.48. The Hall–Kier alpha value is -2.16. The molecule has 0 fully saturated rings. The van der Waals surface area contributed by atoms with Crippen molar-refractivity contribution >= 4 is 15.7 Å². The SMILES string of the molecule is CC(C)(C)c1ccc(S(=O)(=O)Nc2c(F)c(F)c(F)c(F)c2F)cc1. The Morgan fingerprint density at radius 3 is 1.56 bits per heavy atom. The molecule has 1 N–H and O–H groups in total. The normalized spacial score (nSPS) is 12.3. The molecular weight excluding hydrogens is 365 g/mol. The first-order chi connectivity index (χ1) is 11.4. The molecule has 0 saturated heterocycles. The Bertz CT molecular complexity index is 890. The average molecular weight is 379 g/mol. The molecule has 3 nitrogen and oxygen atoms in total. The number of nitrogens with one attached hydrogen (secondary N) is 1. The number of anilines is 1. The van der Waals surface area contributed by atoms with E-state index >= 15 is 0 Å². The lowest BCUT2D eigenvalue weighted by Gasteiger charge is -2.19. The summed E-state index contributed by atoms with van der Waals surface area (Å²) in [6.07, 6.45) is 0. The third-order valence-corrected chi connectivity index (χ3v) is 4.84. The monoisotopic (exact) mass is 379 g/mol. The van der Waals surface area contributed by atoms with Crippen LogP contribution in [0.4, 0.5) is 27.6 Å². The molecule has 0 bridgehead atoms. The van der Waals surface area contributed by atoms with Crippen molar-refractivity contribution in [2.45, 2.75) is 31.1 Å². The van der Waals surface area contributed by atoms with Crippen LogP contribution in [0.15, 0.2) is 29.2 Å². The number of hydrogen-bond acceptors (Lipinski definition) is 2. The number of benzene rings is 2. The first-order valence-electron chi connectivity index (χ1n) is 7.01. The van der Waals surface area contributed by atoms with E-state index in [2.05, 4.69) is 0 Å². The third kappa shape index (κ3) is 3.60. The molecule has 2 aromatic carbocycles. The average Bonchev–Trinajstić information content (AvgIpc) is 2.54. The predicted molar refractivity (Wildman–Crippen MR) is 82.2 cm³/mol. The van der Waals surface area contributed by atoms with Crippen LogP contribution in [0.5, 0.6) is 0 Å². The lowest BCUT2D eigenvalue weighted by molar-refractivity contribution is 0.382. The van der Waals surface area contributed by atoms with Crippen molar-refractivity contribution in [3.8, 4) is 0 Å². The van der Waals surface area contributed by atoms with Crippen molar-refractivity contribution in [2.75, 3.05) is 4.72 Å². The van der Waals surface area contributed by atoms with Crippen molar-refractivity contribution in [1.82, 2.24) is 0 Å². The van der Waals surface area contributed by atoms with Crippen LogP contribution in [-0.2, 0) is 15.4 Å². The highest BCUT2D eigenvalue weighted by molar-refractivity contribution is 7.92. The highest BCUT2D eigenvalue weighted by Crippen LogP contribution is 2.29. The molecule has 0 aliphatic carbocycles. The van der Waals surface area contributed by atoms with Gasteiger partial charge in [0.25, 0.3) is 10.0 Å². The molecule has 0 saturated carbocycles. The first-order valence-corrected chi connectivity index (χ1v) is 8.49. The van der Waals surface area contributed by atoms with Gasteiger partial charge in [-0.1, -0.05) is 32.9 Å². The van der Waals surface area contributed by atoms with Gasteiger partial charge in [-0.15, -0.1) is 0 Å². The van der Waals surface area contributed by atoms with Crippen LogP contribution < -0.4 is 4.72 Å². The second-order valence-electron chi connectivity index (χ2n) is 6.32. The molecule has 0 radical (unpaired) electrons. The predicted octanol–water partition coefficient (Wildman–Crippen LogP) is 4.48. The van der Waals surface area contributed by atoms with Crippen molar-refractivity contribution in [3.63, 3.8) is 0 Å². The number of halogens is 5. The fourth-order valence-electron chi connectivity index (χ4n) is 2.02. The Kier molecular flexibility index (Phi) is 4.82. The summed E-state index contributed by atoms with van der Waals surface area (Å²) in [4.78, 5) is -0.385. The molecular formula is C16H14F5NO2S. The number of hydrogen-bond donors (Lipinski definition) is 1. The summed E-state index contributed by atoms with van der Waals surface area (Å²) in [6, 6.07) is 5.34. The molecule has 25 heavy (non-hydrogen) atoms. The summed E-state index contributed by atoms with van der Waals surface area (Å²) in [5.74, 6) is -11.4. The molecule has 0 heterocycles. The summed E-state index contributed by atoms with van der Waals surface area (Å²) in [5.41, 5.74) is -1.10. The van der Waals surface area contributed by atoms with Gasteiger partial charge in [-0.05, 0) is 23.1 Å². The second kappa shape index (κ2) is 6.29. The summed E-state index contributed by atoms with van der Waals surface area (Å²) in [6.45, 7) is 5.68. The highest BCUT2D eigenvalue weighted by Gasteiger charge is 2.29. The van der Waals surface area contributed by atoms with Gasteiger partial charge in [-0.3, -0.25) is 4.72 Å². The summed E-state index contributed by atoms with van der Waals surface area (Å²) in [7, 11) is -4.55. The molecule has 0 unspecified atom stereocenters. The fraction of sp³-hybridized carbons (Fsp3) is 0.250. The maximum atomic E-state index is 13.6. The minimum absolute atomic E-state index is 0.267. The molecule has 136 valence electrons. The van der Waals surface area contributed by atoms with E-state index in [1.165, 1.54) is 29.0 Å². The lowest BCUT2D eigenvalue weighted by Crippen LogP contribution is -2.18. The molecule has 2 rings (SSSR count). The van der Waals surface area contributed by atoms with Crippen LogP contribution in [0, 0.1) is 29.1 Å². The van der Waals surface area contributed by atoms with Gasteiger partial charge in [-0.25, -0.2) is 30.4 Å². The zero-order valence-corrected chi connectivity index (χ0v) is 14.2. The van der Waals surface area contributed by atoms with Crippen LogP contribution in [0.3, 0.4) is 0 Å². The number of rotatable bonds is 3. The quantitative estimate of drug-likeness (QED) is 0.486. The highest BCUT2D eigenvalue weighted by atomic mass is 32.2. The zero-order chi connectivity index (χ0) is 19.2. The van der Waals surface area contributed by atoms with E-state index < -0.39 is 44.8 Å². The maximum absolute atomic E-state index is 13.6. The lowest BCUT2D eigenvalue weighted by atomic mass is 9.87. The summed E-state index contributed by atoms with van der Waals surface area (Å²) < 4.78 is 92.4. The van der Waals surface area contributed by atoms with Gasteiger partial charge >= 0.3 is 0 Å². The van der Waals surface area contributed by atoms with E-state index in [1.807, 2.05) is 20.8 Å². The van der Waals surface area contributed by atoms with Crippen molar-refractivity contribution in [3.05, 3.63) is 58.9 Å². The number of sulfonamides is 1. The van der Waals surface area contributed by atoms with Crippen molar-refractivity contribution in [1.29, 1.82) is 0 Å². The van der Waals surface area contributed by atoms with Crippen LogP contribution in [-0.4, -0.2) is 8.42 Å². The van der Waals surface area contributed by atoms with E-state index in [9.17, 15) is 30.4 Å².